The Labute approximate surface area is 114 Å². The average molecular weight is 261 g/mol. The van der Waals surface area contributed by atoms with E-state index >= 15 is 0 Å². The highest BCUT2D eigenvalue weighted by Gasteiger charge is 2.24. The Kier molecular flexibility index (Phi) is 3.35. The van der Waals surface area contributed by atoms with Gasteiger partial charge in [0.25, 0.3) is 0 Å². The Morgan fingerprint density at radius 1 is 1.26 bits per heavy atom. The molecule has 1 atom stereocenters. The van der Waals surface area contributed by atoms with E-state index in [4.69, 9.17) is 14.9 Å². The Hall–Kier alpha value is -1.48. The van der Waals surface area contributed by atoms with Gasteiger partial charge in [0, 0.05) is 16.5 Å². The predicted octanol–water partition coefficient (Wildman–Crippen LogP) is 4.07. The van der Waals surface area contributed by atoms with Gasteiger partial charge in [-0.1, -0.05) is 20.8 Å². The molecule has 0 aliphatic heterocycles. The van der Waals surface area contributed by atoms with Crippen LogP contribution in [0.15, 0.2) is 16.5 Å². The van der Waals surface area contributed by atoms with Crippen LogP contribution in [0, 0.1) is 6.92 Å². The third-order valence-electron chi connectivity index (χ3n) is 3.51. The average Bonchev–Trinajstić information content (AvgIpc) is 2.64. The van der Waals surface area contributed by atoms with Gasteiger partial charge in [-0.25, -0.2) is 0 Å². The summed E-state index contributed by atoms with van der Waals surface area (Å²) in [7, 11) is 1.69. The van der Waals surface area contributed by atoms with Gasteiger partial charge in [0.15, 0.2) is 0 Å². The first-order valence-electron chi connectivity index (χ1n) is 6.62. The number of hydrogen-bond acceptors (Lipinski definition) is 3. The van der Waals surface area contributed by atoms with Gasteiger partial charge < -0.3 is 14.9 Å². The lowest BCUT2D eigenvalue weighted by Gasteiger charge is -2.20. The van der Waals surface area contributed by atoms with E-state index in [-0.39, 0.29) is 11.5 Å². The van der Waals surface area contributed by atoms with Gasteiger partial charge in [0.2, 0.25) is 0 Å². The molecular weight excluding hydrogens is 238 g/mol. The first-order valence-corrected chi connectivity index (χ1v) is 6.62. The zero-order valence-corrected chi connectivity index (χ0v) is 12.6. The first kappa shape index (κ1) is 13.9. The van der Waals surface area contributed by atoms with Crippen LogP contribution in [0.5, 0.6) is 5.75 Å². The fraction of sp³-hybridized carbons (Fsp3) is 0.500. The molecule has 1 heterocycles. The van der Waals surface area contributed by atoms with Crippen LogP contribution in [0.25, 0.3) is 11.0 Å². The molecule has 0 aliphatic carbocycles. The fourth-order valence-corrected chi connectivity index (χ4v) is 2.42. The molecule has 0 bridgehead atoms. The van der Waals surface area contributed by atoms with E-state index in [0.717, 1.165) is 33.6 Å². The molecule has 0 spiro atoms. The van der Waals surface area contributed by atoms with Gasteiger partial charge in [-0.2, -0.15) is 0 Å². The number of hydrogen-bond donors (Lipinski definition) is 1. The van der Waals surface area contributed by atoms with Crippen LogP contribution in [0.4, 0.5) is 0 Å². The topological polar surface area (TPSA) is 48.4 Å². The molecule has 1 unspecified atom stereocenters. The number of methoxy groups -OCH3 is 1. The number of aryl methyl sites for hydroxylation is 1. The van der Waals surface area contributed by atoms with Crippen molar-refractivity contribution in [2.45, 2.75) is 46.1 Å². The Morgan fingerprint density at radius 2 is 1.89 bits per heavy atom. The molecule has 2 aromatic rings. The van der Waals surface area contributed by atoms with Crippen molar-refractivity contribution in [3.8, 4) is 5.75 Å². The largest absolute Gasteiger partial charge is 0.497 e. The second-order valence-electron chi connectivity index (χ2n) is 6.18. The molecule has 0 saturated heterocycles. The number of benzene rings is 1. The number of rotatable bonds is 2. The number of furan rings is 1. The summed E-state index contributed by atoms with van der Waals surface area (Å²) < 4.78 is 11.4. The normalized spacial score (nSPS) is 13.8. The summed E-state index contributed by atoms with van der Waals surface area (Å²) in [6.45, 7) is 10.5. The number of fused-ring (bicyclic) bond motifs is 1. The Morgan fingerprint density at radius 3 is 2.37 bits per heavy atom. The summed E-state index contributed by atoms with van der Waals surface area (Å²) in [5.41, 5.74) is 9.16. The van der Waals surface area contributed by atoms with E-state index in [0.29, 0.717) is 0 Å². The summed E-state index contributed by atoms with van der Waals surface area (Å²) in [6, 6.07) is 3.97. The predicted molar refractivity (Wildman–Crippen MR) is 78.8 cm³/mol. The van der Waals surface area contributed by atoms with E-state index in [2.05, 4.69) is 33.8 Å². The minimum atomic E-state index is -0.105. The van der Waals surface area contributed by atoms with Gasteiger partial charge in [-0.05, 0) is 31.4 Å². The monoisotopic (exact) mass is 261 g/mol. The number of nitrogens with two attached hydrogens (primary N) is 1. The molecule has 0 aliphatic rings. The second-order valence-corrected chi connectivity index (χ2v) is 6.18. The third-order valence-corrected chi connectivity index (χ3v) is 3.51. The second kappa shape index (κ2) is 4.57. The quantitative estimate of drug-likeness (QED) is 0.886. The summed E-state index contributed by atoms with van der Waals surface area (Å²) in [5, 5.41) is 1.09. The minimum absolute atomic E-state index is 0.00775. The number of ether oxygens (including phenoxy) is 1. The maximum atomic E-state index is 6.04. The van der Waals surface area contributed by atoms with E-state index in [1.165, 1.54) is 0 Å². The van der Waals surface area contributed by atoms with E-state index in [1.807, 2.05) is 13.0 Å². The van der Waals surface area contributed by atoms with Crippen LogP contribution in [0.2, 0.25) is 0 Å². The van der Waals surface area contributed by atoms with Crippen LogP contribution in [0.1, 0.15) is 50.6 Å². The lowest BCUT2D eigenvalue weighted by atomic mass is 9.85. The SMILES string of the molecule is COc1cc(C(C)(C)C)c2oc(C(C)N)c(C)c2c1. The lowest BCUT2D eigenvalue weighted by Crippen LogP contribution is -2.11. The Balaban J connectivity index is 2.84. The lowest BCUT2D eigenvalue weighted by molar-refractivity contribution is 0.413. The van der Waals surface area contributed by atoms with Crippen molar-refractivity contribution >= 4 is 11.0 Å². The third kappa shape index (κ3) is 2.35. The van der Waals surface area contributed by atoms with Gasteiger partial charge in [-0.3, -0.25) is 0 Å². The van der Waals surface area contributed by atoms with Gasteiger partial charge in [0.05, 0.1) is 13.2 Å². The maximum absolute atomic E-state index is 6.04. The van der Waals surface area contributed by atoms with E-state index in [1.54, 1.807) is 7.11 Å². The van der Waals surface area contributed by atoms with Crippen LogP contribution in [-0.4, -0.2) is 7.11 Å². The molecule has 0 radical (unpaired) electrons. The highest BCUT2D eigenvalue weighted by Crippen LogP contribution is 2.38. The summed E-state index contributed by atoms with van der Waals surface area (Å²) in [6.07, 6.45) is 0. The molecule has 0 fully saturated rings. The summed E-state index contributed by atoms with van der Waals surface area (Å²) in [4.78, 5) is 0. The Bertz CT molecular complexity index is 603. The molecule has 19 heavy (non-hydrogen) atoms. The van der Waals surface area contributed by atoms with Crippen molar-refractivity contribution in [1.29, 1.82) is 0 Å². The standard InChI is InChI=1S/C16H23NO2/c1-9-12-7-11(18-6)8-13(16(3,4)5)15(12)19-14(9)10(2)17/h7-8,10H,17H2,1-6H3. The van der Waals surface area contributed by atoms with Crippen molar-refractivity contribution in [3.63, 3.8) is 0 Å². The van der Waals surface area contributed by atoms with Gasteiger partial charge >= 0.3 is 0 Å². The highest BCUT2D eigenvalue weighted by molar-refractivity contribution is 5.87. The van der Waals surface area contributed by atoms with Crippen LogP contribution in [-0.2, 0) is 5.41 Å². The van der Waals surface area contributed by atoms with Crippen LogP contribution < -0.4 is 10.5 Å². The molecule has 3 heteroatoms. The smallest absolute Gasteiger partial charge is 0.138 e. The zero-order chi connectivity index (χ0) is 14.4. The zero-order valence-electron chi connectivity index (χ0n) is 12.6. The molecule has 2 N–H and O–H groups in total. The van der Waals surface area contributed by atoms with E-state index < -0.39 is 0 Å². The molecule has 1 aromatic carbocycles. The van der Waals surface area contributed by atoms with Crippen LogP contribution in [0.3, 0.4) is 0 Å². The highest BCUT2D eigenvalue weighted by atomic mass is 16.5. The molecule has 2 rings (SSSR count). The van der Waals surface area contributed by atoms with Crippen molar-refractivity contribution in [3.05, 3.63) is 29.0 Å². The van der Waals surface area contributed by atoms with Crippen molar-refractivity contribution in [2.24, 2.45) is 5.73 Å². The van der Waals surface area contributed by atoms with Crippen LogP contribution >= 0.6 is 0 Å². The maximum Gasteiger partial charge on any atom is 0.138 e. The summed E-state index contributed by atoms with van der Waals surface area (Å²) in [5.74, 6) is 1.71. The first-order chi connectivity index (χ1) is 8.75. The van der Waals surface area contributed by atoms with E-state index in [9.17, 15) is 0 Å². The minimum Gasteiger partial charge on any atom is -0.497 e. The molecule has 3 nitrogen and oxygen atoms in total. The van der Waals surface area contributed by atoms with Crippen molar-refractivity contribution in [1.82, 2.24) is 0 Å². The molecule has 1 aromatic heterocycles. The molecule has 0 saturated carbocycles. The molecule has 104 valence electrons. The van der Waals surface area contributed by atoms with Gasteiger partial charge in [-0.15, -0.1) is 0 Å². The molecular formula is C16H23NO2. The summed E-state index contributed by atoms with van der Waals surface area (Å²) >= 11 is 0. The van der Waals surface area contributed by atoms with Crippen molar-refractivity contribution < 1.29 is 9.15 Å². The fourth-order valence-electron chi connectivity index (χ4n) is 2.42. The van der Waals surface area contributed by atoms with Gasteiger partial charge in [0.1, 0.15) is 17.1 Å². The molecule has 0 amide bonds. The van der Waals surface area contributed by atoms with Crippen molar-refractivity contribution in [2.75, 3.05) is 7.11 Å².